The molecule has 1 aliphatic rings. The topological polar surface area (TPSA) is 71.6 Å². The molecule has 0 aromatic heterocycles. The van der Waals surface area contributed by atoms with E-state index in [4.69, 9.17) is 9.47 Å². The number of ether oxygens (including phenoxy) is 2. The summed E-state index contributed by atoms with van der Waals surface area (Å²) in [6.45, 7) is 4.92. The summed E-state index contributed by atoms with van der Waals surface area (Å²) >= 11 is 0. The average molecular weight is 405 g/mol. The van der Waals surface area contributed by atoms with Gasteiger partial charge in [-0.15, -0.1) is 0 Å². The molecule has 1 aliphatic heterocycles. The van der Waals surface area contributed by atoms with Crippen LogP contribution in [0.5, 0.6) is 11.5 Å². The van der Waals surface area contributed by atoms with Gasteiger partial charge in [0.05, 0.1) is 18.9 Å². The summed E-state index contributed by atoms with van der Waals surface area (Å²) in [6.07, 6.45) is 0.648. The molecule has 3 aromatic rings. The van der Waals surface area contributed by atoms with Crippen LogP contribution in [0.25, 0.3) is 10.8 Å². The minimum atomic E-state index is -0.362. The Morgan fingerprint density at radius 1 is 1.00 bits per heavy atom. The molecule has 4 rings (SSSR count). The first-order valence-corrected chi connectivity index (χ1v) is 10.4. The van der Waals surface area contributed by atoms with Crippen LogP contribution in [-0.2, 0) is 4.79 Å². The predicted molar refractivity (Wildman–Crippen MR) is 119 cm³/mol. The average Bonchev–Trinajstić information content (AvgIpc) is 3.26. The van der Waals surface area contributed by atoms with E-state index in [1.165, 1.54) is 16.3 Å². The summed E-state index contributed by atoms with van der Waals surface area (Å²) in [7, 11) is 0. The molecule has 6 nitrogen and oxygen atoms in total. The minimum Gasteiger partial charge on any atom is -0.494 e. The molecule has 0 bridgehead atoms. The second-order valence-corrected chi connectivity index (χ2v) is 7.21. The summed E-state index contributed by atoms with van der Waals surface area (Å²) in [5, 5.41) is 5.39. The van der Waals surface area contributed by atoms with Crippen LogP contribution < -0.4 is 25.6 Å². The molecule has 30 heavy (non-hydrogen) atoms. The molecule has 156 valence electrons. The van der Waals surface area contributed by atoms with E-state index in [2.05, 4.69) is 46.5 Å². The molecule has 2 unspecified atom stereocenters. The Hall–Kier alpha value is -3.09. The maximum absolute atomic E-state index is 13.0. The fourth-order valence-electron chi connectivity index (χ4n) is 3.85. The van der Waals surface area contributed by atoms with Crippen LogP contribution in [0.1, 0.15) is 31.9 Å². The van der Waals surface area contributed by atoms with Crippen LogP contribution in [0.15, 0.2) is 60.7 Å². The highest BCUT2D eigenvalue weighted by Gasteiger charge is 2.31. The Bertz CT molecular complexity index is 1030. The summed E-state index contributed by atoms with van der Waals surface area (Å²) in [6, 6.07) is 19.7. The van der Waals surface area contributed by atoms with E-state index in [1.54, 1.807) is 6.07 Å². The smallest absolute Gasteiger partial charge is 0.243 e. The molecule has 1 saturated heterocycles. The van der Waals surface area contributed by atoms with E-state index in [1.807, 2.05) is 38.1 Å². The van der Waals surface area contributed by atoms with Crippen molar-refractivity contribution >= 4 is 22.4 Å². The molecule has 3 aromatic carbocycles. The highest BCUT2D eigenvalue weighted by atomic mass is 16.5. The number of anilines is 1. The molecule has 1 fully saturated rings. The number of benzene rings is 3. The normalized spacial score (nSPS) is 18.3. The summed E-state index contributed by atoms with van der Waals surface area (Å²) in [5.74, 6) is 1.22. The van der Waals surface area contributed by atoms with Crippen molar-refractivity contribution < 1.29 is 14.3 Å². The fourth-order valence-corrected chi connectivity index (χ4v) is 3.85. The Balaban J connectivity index is 1.49. The fraction of sp³-hybridized carbons (Fsp3) is 0.292. The van der Waals surface area contributed by atoms with Crippen LogP contribution in [-0.4, -0.2) is 25.2 Å². The molecule has 0 aliphatic carbocycles. The van der Waals surface area contributed by atoms with Crippen LogP contribution in [0, 0.1) is 0 Å². The molecule has 0 spiro atoms. The van der Waals surface area contributed by atoms with Crippen LogP contribution in [0.2, 0.25) is 0 Å². The molecular weight excluding hydrogens is 378 g/mol. The van der Waals surface area contributed by atoms with Gasteiger partial charge in [0.1, 0.15) is 17.5 Å². The first kappa shape index (κ1) is 20.2. The lowest BCUT2D eigenvalue weighted by atomic mass is 9.96. The molecule has 0 radical (unpaired) electrons. The van der Waals surface area contributed by atoms with Crippen molar-refractivity contribution in [1.82, 2.24) is 10.9 Å². The van der Waals surface area contributed by atoms with Crippen molar-refractivity contribution in [3.05, 3.63) is 66.2 Å². The van der Waals surface area contributed by atoms with E-state index >= 15 is 0 Å². The molecule has 2 atom stereocenters. The number of hydrazine groups is 1. The first-order valence-electron chi connectivity index (χ1n) is 10.4. The van der Waals surface area contributed by atoms with Gasteiger partial charge in [0.2, 0.25) is 5.91 Å². The maximum Gasteiger partial charge on any atom is 0.243 e. The molecular formula is C24H27N3O3. The van der Waals surface area contributed by atoms with Gasteiger partial charge in [-0.25, -0.2) is 10.9 Å². The van der Waals surface area contributed by atoms with Crippen molar-refractivity contribution in [2.75, 3.05) is 18.5 Å². The van der Waals surface area contributed by atoms with Gasteiger partial charge in [0.15, 0.2) is 0 Å². The van der Waals surface area contributed by atoms with Crippen LogP contribution in [0.4, 0.5) is 5.69 Å². The van der Waals surface area contributed by atoms with Crippen molar-refractivity contribution in [2.24, 2.45) is 0 Å². The lowest BCUT2D eigenvalue weighted by molar-refractivity contribution is -0.117. The van der Waals surface area contributed by atoms with Gasteiger partial charge < -0.3 is 14.8 Å². The second kappa shape index (κ2) is 9.15. The summed E-state index contributed by atoms with van der Waals surface area (Å²) in [5.41, 5.74) is 8.23. The van der Waals surface area contributed by atoms with E-state index in [-0.39, 0.29) is 18.0 Å². The van der Waals surface area contributed by atoms with E-state index in [0.29, 0.717) is 36.8 Å². The Morgan fingerprint density at radius 3 is 2.63 bits per heavy atom. The van der Waals surface area contributed by atoms with Crippen molar-refractivity contribution in [1.29, 1.82) is 0 Å². The van der Waals surface area contributed by atoms with Gasteiger partial charge >= 0.3 is 0 Å². The van der Waals surface area contributed by atoms with Gasteiger partial charge in [-0.3, -0.25) is 4.79 Å². The monoisotopic (exact) mass is 405 g/mol. The highest BCUT2D eigenvalue weighted by molar-refractivity contribution is 5.96. The minimum absolute atomic E-state index is 0.0490. The third-order valence-corrected chi connectivity index (χ3v) is 5.24. The zero-order valence-electron chi connectivity index (χ0n) is 17.3. The number of rotatable bonds is 7. The largest absolute Gasteiger partial charge is 0.494 e. The Morgan fingerprint density at radius 2 is 1.80 bits per heavy atom. The van der Waals surface area contributed by atoms with Crippen molar-refractivity contribution in [3.8, 4) is 11.5 Å². The predicted octanol–water partition coefficient (Wildman–Crippen LogP) is 4.18. The molecule has 1 amide bonds. The van der Waals surface area contributed by atoms with Gasteiger partial charge in [-0.05, 0) is 48.7 Å². The third kappa shape index (κ3) is 4.25. The number of amides is 1. The van der Waals surface area contributed by atoms with Gasteiger partial charge in [0.25, 0.3) is 0 Å². The summed E-state index contributed by atoms with van der Waals surface area (Å²) < 4.78 is 11.2. The number of hydrogen-bond acceptors (Lipinski definition) is 5. The quantitative estimate of drug-likeness (QED) is 0.550. The molecule has 1 heterocycles. The lowest BCUT2D eigenvalue weighted by Gasteiger charge is -2.16. The Labute approximate surface area is 176 Å². The zero-order valence-corrected chi connectivity index (χ0v) is 17.3. The van der Waals surface area contributed by atoms with Gasteiger partial charge in [-0.1, -0.05) is 42.5 Å². The second-order valence-electron chi connectivity index (χ2n) is 7.21. The highest BCUT2D eigenvalue weighted by Crippen LogP contribution is 2.32. The molecule has 6 heteroatoms. The maximum atomic E-state index is 13.0. The number of nitrogens with one attached hydrogen (secondary N) is 3. The SMILES string of the molecule is CCOc1ccc(OCC)c(NC(=O)C2CC(c3cccc4ccccc34)NN2)c1. The number of fused-ring (bicyclic) bond motifs is 1. The van der Waals surface area contributed by atoms with E-state index in [9.17, 15) is 4.79 Å². The number of carbonyl (C=O) groups is 1. The zero-order chi connectivity index (χ0) is 20.9. The number of carbonyl (C=O) groups excluding carboxylic acids is 1. The summed E-state index contributed by atoms with van der Waals surface area (Å²) in [4.78, 5) is 13.0. The standard InChI is InChI=1S/C24H27N3O3/c1-3-29-17-12-13-23(30-4-2)21(14-17)25-24(28)22-15-20(26-27-22)19-11-7-9-16-8-5-6-10-18(16)19/h5-14,20,22,26-27H,3-4,15H2,1-2H3,(H,25,28). The van der Waals surface area contributed by atoms with Gasteiger partial charge in [0, 0.05) is 12.1 Å². The van der Waals surface area contributed by atoms with E-state index in [0.717, 1.165) is 0 Å². The molecule has 3 N–H and O–H groups in total. The number of hydrogen-bond donors (Lipinski definition) is 3. The first-order chi connectivity index (χ1) is 14.7. The van der Waals surface area contributed by atoms with Crippen molar-refractivity contribution in [3.63, 3.8) is 0 Å². The third-order valence-electron chi connectivity index (χ3n) is 5.24. The van der Waals surface area contributed by atoms with Crippen molar-refractivity contribution in [2.45, 2.75) is 32.4 Å². The lowest BCUT2D eigenvalue weighted by Crippen LogP contribution is -2.39. The Kier molecular flexibility index (Phi) is 6.16. The van der Waals surface area contributed by atoms with E-state index < -0.39 is 0 Å². The van der Waals surface area contributed by atoms with Crippen LogP contribution >= 0.6 is 0 Å². The molecule has 0 saturated carbocycles. The van der Waals surface area contributed by atoms with Crippen LogP contribution in [0.3, 0.4) is 0 Å². The van der Waals surface area contributed by atoms with Gasteiger partial charge in [-0.2, -0.15) is 0 Å².